The Bertz CT molecular complexity index is 1120. The maximum atomic E-state index is 12.2. The molecule has 144 valence electrons. The lowest BCUT2D eigenvalue weighted by molar-refractivity contribution is -0.119. The molecule has 0 aliphatic rings. The topological polar surface area (TPSA) is 94.8 Å². The number of benzene rings is 2. The van der Waals surface area contributed by atoms with Gasteiger partial charge < -0.3 is 19.2 Å². The predicted molar refractivity (Wildman–Crippen MR) is 104 cm³/mol. The van der Waals surface area contributed by atoms with Crippen LogP contribution in [0.3, 0.4) is 0 Å². The molecule has 28 heavy (non-hydrogen) atoms. The maximum Gasteiger partial charge on any atom is 0.374 e. The normalized spacial score (nSPS) is 10.5. The summed E-state index contributed by atoms with van der Waals surface area (Å²) in [4.78, 5) is 36.5. The van der Waals surface area contributed by atoms with Crippen molar-refractivity contribution in [2.24, 2.45) is 0 Å². The van der Waals surface area contributed by atoms with Gasteiger partial charge in [-0.25, -0.2) is 4.79 Å². The van der Waals surface area contributed by atoms with Gasteiger partial charge in [0.25, 0.3) is 5.91 Å². The molecule has 2 aromatic carbocycles. The van der Waals surface area contributed by atoms with Crippen LogP contribution in [0.25, 0.3) is 11.0 Å². The molecular formula is C21H19NO6. The summed E-state index contributed by atoms with van der Waals surface area (Å²) in [5.41, 5.74) is 2.22. The van der Waals surface area contributed by atoms with Crippen molar-refractivity contribution < 1.29 is 23.5 Å². The molecule has 0 bridgehead atoms. The molecule has 3 rings (SSSR count). The van der Waals surface area contributed by atoms with Crippen LogP contribution in [0, 0.1) is 13.8 Å². The monoisotopic (exact) mass is 381 g/mol. The molecule has 7 heteroatoms. The number of nitrogens with one attached hydrogen (secondary N) is 1. The molecule has 0 fully saturated rings. The highest BCUT2D eigenvalue weighted by Crippen LogP contribution is 2.25. The summed E-state index contributed by atoms with van der Waals surface area (Å²) < 4.78 is 15.6. The van der Waals surface area contributed by atoms with Gasteiger partial charge in [0.1, 0.15) is 11.3 Å². The molecule has 0 unspecified atom stereocenters. The van der Waals surface area contributed by atoms with E-state index in [0.717, 1.165) is 17.2 Å². The minimum Gasteiger partial charge on any atom is -0.495 e. The summed E-state index contributed by atoms with van der Waals surface area (Å²) in [7, 11) is 1.49. The standard InChI is InChI=1S/C21H19NO6/c1-12-4-6-17-14(8-12)16(23)10-19(28-17)21(25)27-11-20(24)22-15-9-13(2)5-7-18(15)26-3/h4-10H,11H2,1-3H3,(H,22,24). The fourth-order valence-electron chi connectivity index (χ4n) is 2.68. The van der Waals surface area contributed by atoms with Crippen LogP contribution in [0.15, 0.2) is 51.7 Å². The zero-order valence-electron chi connectivity index (χ0n) is 15.7. The molecule has 7 nitrogen and oxygen atoms in total. The molecule has 0 aliphatic heterocycles. The lowest BCUT2D eigenvalue weighted by Crippen LogP contribution is -2.21. The van der Waals surface area contributed by atoms with Crippen LogP contribution in [-0.2, 0) is 9.53 Å². The molecular weight excluding hydrogens is 362 g/mol. The zero-order valence-corrected chi connectivity index (χ0v) is 15.7. The van der Waals surface area contributed by atoms with Crippen molar-refractivity contribution >= 4 is 28.5 Å². The Morgan fingerprint density at radius 3 is 2.50 bits per heavy atom. The Balaban J connectivity index is 1.69. The summed E-state index contributed by atoms with van der Waals surface area (Å²) >= 11 is 0. The molecule has 0 radical (unpaired) electrons. The number of esters is 1. The molecule has 0 atom stereocenters. The van der Waals surface area contributed by atoms with Crippen molar-refractivity contribution in [3.63, 3.8) is 0 Å². The fraction of sp³-hybridized carbons (Fsp3) is 0.190. The third kappa shape index (κ3) is 4.20. The minimum atomic E-state index is -0.897. The Labute approximate surface area is 160 Å². The number of methoxy groups -OCH3 is 1. The number of carbonyl (C=O) groups excluding carboxylic acids is 2. The summed E-state index contributed by atoms with van der Waals surface area (Å²) in [6.07, 6.45) is 0. The van der Waals surface area contributed by atoms with Crippen molar-refractivity contribution in [2.45, 2.75) is 13.8 Å². The van der Waals surface area contributed by atoms with E-state index in [0.29, 0.717) is 16.8 Å². The lowest BCUT2D eigenvalue weighted by Gasteiger charge is -2.11. The van der Waals surface area contributed by atoms with Crippen molar-refractivity contribution in [3.8, 4) is 5.75 Å². The molecule has 3 aromatic rings. The number of amides is 1. The summed E-state index contributed by atoms with van der Waals surface area (Å²) in [5, 5.41) is 3.00. The zero-order chi connectivity index (χ0) is 20.3. The highest BCUT2D eigenvalue weighted by molar-refractivity contribution is 5.96. The largest absolute Gasteiger partial charge is 0.495 e. The Morgan fingerprint density at radius 2 is 1.75 bits per heavy atom. The molecule has 0 aliphatic carbocycles. The summed E-state index contributed by atoms with van der Waals surface area (Å²) in [6.45, 7) is 3.19. The number of rotatable bonds is 5. The second-order valence-electron chi connectivity index (χ2n) is 6.30. The number of fused-ring (bicyclic) bond motifs is 1. The van der Waals surface area contributed by atoms with Crippen LogP contribution in [0.1, 0.15) is 21.7 Å². The van der Waals surface area contributed by atoms with E-state index in [1.807, 2.05) is 19.9 Å². The predicted octanol–water partition coefficient (Wildman–Crippen LogP) is 3.21. The van der Waals surface area contributed by atoms with Crippen molar-refractivity contribution in [1.29, 1.82) is 0 Å². The van der Waals surface area contributed by atoms with Gasteiger partial charge in [-0.1, -0.05) is 17.7 Å². The van der Waals surface area contributed by atoms with Gasteiger partial charge in [-0.3, -0.25) is 9.59 Å². The van der Waals surface area contributed by atoms with E-state index in [9.17, 15) is 14.4 Å². The number of ether oxygens (including phenoxy) is 2. The highest BCUT2D eigenvalue weighted by atomic mass is 16.5. The van der Waals surface area contributed by atoms with Gasteiger partial charge >= 0.3 is 5.97 Å². The Kier molecular flexibility index (Phi) is 5.44. The second-order valence-corrected chi connectivity index (χ2v) is 6.30. The van der Waals surface area contributed by atoms with E-state index < -0.39 is 18.5 Å². The van der Waals surface area contributed by atoms with Gasteiger partial charge in [0.15, 0.2) is 12.0 Å². The quantitative estimate of drug-likeness (QED) is 0.682. The molecule has 0 saturated heterocycles. The van der Waals surface area contributed by atoms with Crippen molar-refractivity contribution in [1.82, 2.24) is 0 Å². The van der Waals surface area contributed by atoms with Gasteiger partial charge in [0.2, 0.25) is 5.76 Å². The van der Waals surface area contributed by atoms with Gasteiger partial charge in [-0.2, -0.15) is 0 Å². The molecule has 1 N–H and O–H groups in total. The first kappa shape index (κ1) is 19.2. The molecule has 1 amide bonds. The van der Waals surface area contributed by atoms with Crippen LogP contribution in [0.2, 0.25) is 0 Å². The van der Waals surface area contributed by atoms with Gasteiger partial charge in [0, 0.05) is 6.07 Å². The van der Waals surface area contributed by atoms with E-state index in [1.165, 1.54) is 7.11 Å². The number of aryl methyl sites for hydroxylation is 2. The Morgan fingerprint density at radius 1 is 1.04 bits per heavy atom. The van der Waals surface area contributed by atoms with E-state index in [2.05, 4.69) is 5.32 Å². The number of carbonyl (C=O) groups is 2. The van der Waals surface area contributed by atoms with E-state index in [-0.39, 0.29) is 16.8 Å². The molecule has 1 heterocycles. The summed E-state index contributed by atoms with van der Waals surface area (Å²) in [5.74, 6) is -1.22. The fourth-order valence-corrected chi connectivity index (χ4v) is 2.68. The van der Waals surface area contributed by atoms with E-state index in [4.69, 9.17) is 13.9 Å². The Hall–Kier alpha value is -3.61. The first-order valence-corrected chi connectivity index (χ1v) is 8.53. The van der Waals surface area contributed by atoms with Crippen LogP contribution in [0.4, 0.5) is 5.69 Å². The first-order valence-electron chi connectivity index (χ1n) is 8.53. The average Bonchev–Trinajstić information content (AvgIpc) is 2.66. The number of hydrogen-bond acceptors (Lipinski definition) is 6. The van der Waals surface area contributed by atoms with Crippen LogP contribution in [-0.4, -0.2) is 25.6 Å². The third-order valence-electron chi connectivity index (χ3n) is 4.05. The maximum absolute atomic E-state index is 12.2. The van der Waals surface area contributed by atoms with Crippen molar-refractivity contribution in [3.05, 3.63) is 69.6 Å². The van der Waals surface area contributed by atoms with Crippen LogP contribution >= 0.6 is 0 Å². The average molecular weight is 381 g/mol. The third-order valence-corrected chi connectivity index (χ3v) is 4.05. The lowest BCUT2D eigenvalue weighted by atomic mass is 10.1. The molecule has 0 saturated carbocycles. The molecule has 1 aromatic heterocycles. The van der Waals surface area contributed by atoms with E-state index in [1.54, 1.807) is 30.3 Å². The van der Waals surface area contributed by atoms with E-state index >= 15 is 0 Å². The number of hydrogen-bond donors (Lipinski definition) is 1. The van der Waals surface area contributed by atoms with Gasteiger partial charge in [-0.05, 0) is 43.7 Å². The van der Waals surface area contributed by atoms with Gasteiger partial charge in [0.05, 0.1) is 18.2 Å². The smallest absolute Gasteiger partial charge is 0.374 e. The first-order chi connectivity index (χ1) is 13.4. The van der Waals surface area contributed by atoms with Gasteiger partial charge in [-0.15, -0.1) is 0 Å². The summed E-state index contributed by atoms with van der Waals surface area (Å²) in [6, 6.07) is 11.4. The number of anilines is 1. The second kappa shape index (κ2) is 7.96. The SMILES string of the molecule is COc1ccc(C)cc1NC(=O)COC(=O)c1cc(=O)c2cc(C)ccc2o1. The minimum absolute atomic E-state index is 0.262. The van der Waals surface area contributed by atoms with Crippen LogP contribution < -0.4 is 15.5 Å². The highest BCUT2D eigenvalue weighted by Gasteiger charge is 2.16. The van der Waals surface area contributed by atoms with Crippen LogP contribution in [0.5, 0.6) is 5.75 Å². The molecule has 0 spiro atoms. The van der Waals surface area contributed by atoms with Crippen molar-refractivity contribution in [2.75, 3.05) is 19.0 Å².